The Morgan fingerprint density at radius 2 is 1.85 bits per heavy atom. The van der Waals surface area contributed by atoms with E-state index >= 15 is 0 Å². The number of phenolic OH excluding ortho intramolecular Hbond substituents is 1. The first kappa shape index (κ1) is 8.32. The van der Waals surface area contributed by atoms with Crippen molar-refractivity contribution in [3.63, 3.8) is 0 Å². The van der Waals surface area contributed by atoms with Crippen LogP contribution in [0.1, 0.15) is 0 Å². The van der Waals surface area contributed by atoms with Gasteiger partial charge in [0.15, 0.2) is 0 Å². The van der Waals surface area contributed by atoms with Crippen molar-refractivity contribution in [1.29, 1.82) is 0 Å². The van der Waals surface area contributed by atoms with Gasteiger partial charge in [-0.2, -0.15) is 0 Å². The van der Waals surface area contributed by atoms with Crippen LogP contribution in [0.4, 0.5) is 4.39 Å². The van der Waals surface area contributed by atoms with Gasteiger partial charge in [-0.1, -0.05) is 23.7 Å². The summed E-state index contributed by atoms with van der Waals surface area (Å²) in [5, 5.41) is 10.9. The molecule has 0 aromatic heterocycles. The Hall–Kier alpha value is -1.28. The average molecular weight is 197 g/mol. The van der Waals surface area contributed by atoms with Gasteiger partial charge < -0.3 is 5.11 Å². The fourth-order valence-corrected chi connectivity index (χ4v) is 1.41. The van der Waals surface area contributed by atoms with E-state index in [0.717, 1.165) is 5.39 Å². The molecule has 0 heterocycles. The predicted octanol–water partition coefficient (Wildman–Crippen LogP) is 3.34. The molecule has 0 bridgehead atoms. The summed E-state index contributed by atoms with van der Waals surface area (Å²) in [5.41, 5.74) is 0. The third-order valence-corrected chi connectivity index (χ3v) is 2.21. The second-order valence-electron chi connectivity index (χ2n) is 2.76. The molecule has 13 heavy (non-hydrogen) atoms. The third kappa shape index (κ3) is 1.33. The van der Waals surface area contributed by atoms with Crippen molar-refractivity contribution in [2.24, 2.45) is 0 Å². The van der Waals surface area contributed by atoms with Gasteiger partial charge >= 0.3 is 0 Å². The number of phenols is 1. The molecular weight excluding hydrogens is 191 g/mol. The maximum atomic E-state index is 12.8. The summed E-state index contributed by atoms with van der Waals surface area (Å²) in [6.45, 7) is 0. The molecule has 66 valence electrons. The zero-order valence-corrected chi connectivity index (χ0v) is 7.35. The van der Waals surface area contributed by atoms with Crippen molar-refractivity contribution in [2.45, 2.75) is 0 Å². The Morgan fingerprint density at radius 1 is 1.15 bits per heavy atom. The molecule has 2 aromatic rings. The maximum Gasteiger partial charge on any atom is 0.142 e. The van der Waals surface area contributed by atoms with Gasteiger partial charge in [-0.3, -0.25) is 0 Å². The van der Waals surface area contributed by atoms with Gasteiger partial charge in [0.1, 0.15) is 11.6 Å². The summed E-state index contributed by atoms with van der Waals surface area (Å²) < 4.78 is 12.8. The Morgan fingerprint density at radius 3 is 2.62 bits per heavy atom. The largest absolute Gasteiger partial charge is 0.506 e. The average Bonchev–Trinajstić information content (AvgIpc) is 2.12. The van der Waals surface area contributed by atoms with E-state index < -0.39 is 0 Å². The molecule has 0 aliphatic carbocycles. The van der Waals surface area contributed by atoms with Gasteiger partial charge in [-0.25, -0.2) is 4.39 Å². The highest BCUT2D eigenvalue weighted by Gasteiger charge is 2.04. The second kappa shape index (κ2) is 2.89. The molecule has 1 nitrogen and oxygen atoms in total. The summed E-state index contributed by atoms with van der Waals surface area (Å²) in [7, 11) is 0. The first-order valence-electron chi connectivity index (χ1n) is 3.75. The van der Waals surface area contributed by atoms with Crippen LogP contribution < -0.4 is 0 Å². The third-order valence-electron chi connectivity index (χ3n) is 1.91. The molecule has 0 unspecified atom stereocenters. The number of aromatic hydroxyl groups is 1. The highest BCUT2D eigenvalue weighted by Crippen LogP contribution is 2.32. The van der Waals surface area contributed by atoms with Gasteiger partial charge in [0.2, 0.25) is 0 Å². The molecular formula is C10H6ClFO. The molecule has 0 amide bonds. The van der Waals surface area contributed by atoms with Crippen molar-refractivity contribution in [3.05, 3.63) is 41.2 Å². The van der Waals surface area contributed by atoms with Crippen molar-refractivity contribution in [3.8, 4) is 5.75 Å². The van der Waals surface area contributed by atoms with E-state index in [9.17, 15) is 9.50 Å². The molecule has 0 radical (unpaired) electrons. The number of halogens is 2. The Balaban J connectivity index is 2.89. The Labute approximate surface area is 79.4 Å². The Bertz CT molecular complexity index is 462. The summed E-state index contributed by atoms with van der Waals surface area (Å²) in [4.78, 5) is 0. The highest BCUT2D eigenvalue weighted by molar-refractivity contribution is 6.33. The Kier molecular flexibility index (Phi) is 1.85. The monoisotopic (exact) mass is 196 g/mol. The zero-order valence-electron chi connectivity index (χ0n) is 6.59. The SMILES string of the molecule is Oc1c(Cl)ccc2ccc(F)cc12. The van der Waals surface area contributed by atoms with Crippen LogP contribution in [-0.2, 0) is 0 Å². The van der Waals surface area contributed by atoms with Crippen LogP contribution in [0.25, 0.3) is 10.8 Å². The van der Waals surface area contributed by atoms with Gasteiger partial charge in [-0.05, 0) is 23.6 Å². The van der Waals surface area contributed by atoms with E-state index in [1.807, 2.05) is 0 Å². The normalized spacial score (nSPS) is 10.6. The molecule has 0 saturated heterocycles. The maximum absolute atomic E-state index is 12.8. The zero-order chi connectivity index (χ0) is 9.42. The van der Waals surface area contributed by atoms with Crippen molar-refractivity contribution in [1.82, 2.24) is 0 Å². The minimum Gasteiger partial charge on any atom is -0.506 e. The molecule has 0 spiro atoms. The van der Waals surface area contributed by atoms with Crippen LogP contribution in [0.2, 0.25) is 5.02 Å². The van der Waals surface area contributed by atoms with E-state index in [4.69, 9.17) is 11.6 Å². The van der Waals surface area contributed by atoms with Gasteiger partial charge in [-0.15, -0.1) is 0 Å². The number of rotatable bonds is 0. The lowest BCUT2D eigenvalue weighted by Gasteiger charge is -2.02. The van der Waals surface area contributed by atoms with Crippen LogP contribution in [0.5, 0.6) is 5.75 Å². The lowest BCUT2D eigenvalue weighted by atomic mass is 10.1. The summed E-state index contributed by atoms with van der Waals surface area (Å²) in [5.74, 6) is -0.455. The predicted molar refractivity (Wildman–Crippen MR) is 50.6 cm³/mol. The number of fused-ring (bicyclic) bond motifs is 1. The van der Waals surface area contributed by atoms with E-state index in [1.54, 1.807) is 18.2 Å². The number of benzene rings is 2. The summed E-state index contributed by atoms with van der Waals surface area (Å²) in [6.07, 6.45) is 0. The van der Waals surface area contributed by atoms with Gasteiger partial charge in [0.05, 0.1) is 5.02 Å². The molecule has 0 atom stereocenters. The molecule has 0 saturated carbocycles. The van der Waals surface area contributed by atoms with Crippen LogP contribution in [0, 0.1) is 5.82 Å². The van der Waals surface area contributed by atoms with Crippen molar-refractivity contribution < 1.29 is 9.50 Å². The van der Waals surface area contributed by atoms with E-state index in [-0.39, 0.29) is 16.6 Å². The fraction of sp³-hybridized carbons (Fsp3) is 0. The molecule has 2 rings (SSSR count). The minimum absolute atomic E-state index is 0.0707. The van der Waals surface area contributed by atoms with Gasteiger partial charge in [0, 0.05) is 5.39 Å². The smallest absolute Gasteiger partial charge is 0.142 e. The van der Waals surface area contributed by atoms with E-state index in [2.05, 4.69) is 0 Å². The number of hydrogen-bond acceptors (Lipinski definition) is 1. The second-order valence-corrected chi connectivity index (χ2v) is 3.17. The molecule has 1 N–H and O–H groups in total. The van der Waals surface area contributed by atoms with Gasteiger partial charge in [0.25, 0.3) is 0 Å². The molecule has 0 fully saturated rings. The topological polar surface area (TPSA) is 20.2 Å². The molecule has 3 heteroatoms. The number of hydrogen-bond donors (Lipinski definition) is 1. The van der Waals surface area contributed by atoms with Crippen LogP contribution >= 0.6 is 11.6 Å². The minimum atomic E-state index is -0.384. The first-order valence-corrected chi connectivity index (χ1v) is 4.13. The van der Waals surface area contributed by atoms with Crippen molar-refractivity contribution >= 4 is 22.4 Å². The molecule has 2 aromatic carbocycles. The van der Waals surface area contributed by atoms with Crippen LogP contribution in [0.15, 0.2) is 30.3 Å². The van der Waals surface area contributed by atoms with Crippen molar-refractivity contribution in [2.75, 3.05) is 0 Å². The standard InChI is InChI=1S/C10H6ClFO/c11-9-4-2-6-1-3-7(12)5-8(6)10(9)13/h1-5,13H. The van der Waals surface area contributed by atoms with E-state index in [0.29, 0.717) is 5.39 Å². The summed E-state index contributed by atoms with van der Waals surface area (Å²) >= 11 is 5.67. The van der Waals surface area contributed by atoms with Crippen LogP contribution in [0.3, 0.4) is 0 Å². The quantitative estimate of drug-likeness (QED) is 0.685. The molecule has 0 aliphatic rings. The van der Waals surface area contributed by atoms with E-state index in [1.165, 1.54) is 12.1 Å². The summed E-state index contributed by atoms with van der Waals surface area (Å²) in [6, 6.07) is 7.51. The highest BCUT2D eigenvalue weighted by atomic mass is 35.5. The fourth-order valence-electron chi connectivity index (χ4n) is 1.25. The lowest BCUT2D eigenvalue weighted by Crippen LogP contribution is -1.78. The lowest BCUT2D eigenvalue weighted by molar-refractivity contribution is 0.481. The van der Waals surface area contributed by atoms with Crippen LogP contribution in [-0.4, -0.2) is 5.11 Å². The molecule has 0 aliphatic heterocycles. The first-order chi connectivity index (χ1) is 6.18.